The molecule has 0 bridgehead atoms. The highest BCUT2D eigenvalue weighted by Crippen LogP contribution is 2.30. The highest BCUT2D eigenvalue weighted by atomic mass is 19.4. The molecule has 0 atom stereocenters. The third-order valence-corrected chi connectivity index (χ3v) is 5.97. The quantitative estimate of drug-likeness (QED) is 0.334. The predicted octanol–water partition coefficient (Wildman–Crippen LogP) is 4.38. The van der Waals surface area contributed by atoms with Crippen molar-refractivity contribution < 1.29 is 23.1 Å². The third-order valence-electron chi connectivity index (χ3n) is 5.97. The number of carbonyl (C=O) groups is 1. The number of halogens is 3. The number of fused-ring (bicyclic) bond motifs is 1. The second-order valence-corrected chi connectivity index (χ2v) is 8.67. The molecule has 9 nitrogen and oxygen atoms in total. The van der Waals surface area contributed by atoms with Gasteiger partial charge >= 0.3 is 12.1 Å². The number of hydrogen-bond acceptors (Lipinski definition) is 7. The van der Waals surface area contributed by atoms with Gasteiger partial charge in [0, 0.05) is 42.8 Å². The van der Waals surface area contributed by atoms with E-state index in [9.17, 15) is 13.2 Å². The molecule has 4 heterocycles. The van der Waals surface area contributed by atoms with Crippen molar-refractivity contribution in [2.24, 2.45) is 0 Å². The van der Waals surface area contributed by atoms with Crippen LogP contribution in [-0.4, -0.2) is 60.1 Å². The first kappa shape index (κ1) is 26.3. The molecule has 0 amide bonds. The Hall–Kier alpha value is -5.31. The van der Waals surface area contributed by atoms with Crippen LogP contribution in [0.3, 0.4) is 0 Å². The van der Waals surface area contributed by atoms with Crippen molar-refractivity contribution in [1.29, 1.82) is 0 Å². The number of benzene rings is 2. The summed E-state index contributed by atoms with van der Waals surface area (Å²) in [7, 11) is 0. The molecule has 40 heavy (non-hydrogen) atoms. The molecule has 1 aliphatic rings. The fraction of sp³-hybridized carbons (Fsp3) is 0.143. The van der Waals surface area contributed by atoms with Crippen molar-refractivity contribution in [3.8, 4) is 23.5 Å². The van der Waals surface area contributed by atoms with Gasteiger partial charge < -0.3 is 10.0 Å². The van der Waals surface area contributed by atoms with Crippen molar-refractivity contribution >= 4 is 22.8 Å². The van der Waals surface area contributed by atoms with Crippen LogP contribution in [0.4, 0.5) is 19.1 Å². The van der Waals surface area contributed by atoms with E-state index in [-0.39, 0.29) is 0 Å². The number of rotatable bonds is 3. The zero-order valence-electron chi connectivity index (χ0n) is 20.7. The lowest BCUT2D eigenvalue weighted by atomic mass is 9.92. The monoisotopic (exact) mass is 543 g/mol. The van der Waals surface area contributed by atoms with Crippen LogP contribution in [0, 0.1) is 12.0 Å². The second-order valence-electron chi connectivity index (χ2n) is 8.67. The van der Waals surface area contributed by atoms with E-state index < -0.39 is 12.1 Å². The molecule has 200 valence electrons. The maximum Gasteiger partial charge on any atom is 0.490 e. The van der Waals surface area contributed by atoms with Crippen LogP contribution in [0.15, 0.2) is 85.3 Å². The molecule has 2 aromatic carbocycles. The summed E-state index contributed by atoms with van der Waals surface area (Å²) in [5.41, 5.74) is 3.59. The lowest BCUT2D eigenvalue weighted by Crippen LogP contribution is -2.46. The Balaban J connectivity index is 0.000000411. The summed E-state index contributed by atoms with van der Waals surface area (Å²) in [6, 6.07) is 25.2. The molecule has 1 N–H and O–H groups in total. The number of para-hydroxylation sites is 1. The van der Waals surface area contributed by atoms with Gasteiger partial charge in [0.25, 0.3) is 0 Å². The Labute approximate surface area is 226 Å². The van der Waals surface area contributed by atoms with Gasteiger partial charge in [-0.2, -0.15) is 23.0 Å². The van der Waals surface area contributed by atoms with Gasteiger partial charge in [0.2, 0.25) is 5.95 Å². The molecular formula is C28H20F3N7O2. The molecule has 1 saturated heterocycles. The van der Waals surface area contributed by atoms with Crippen LogP contribution < -0.4 is 4.90 Å². The third kappa shape index (κ3) is 6.05. The van der Waals surface area contributed by atoms with Gasteiger partial charge in [-0.1, -0.05) is 48.5 Å². The Bertz CT molecular complexity index is 1710. The molecule has 0 radical (unpaired) electrons. The lowest BCUT2D eigenvalue weighted by Gasteiger charge is -2.39. The molecule has 1 aliphatic heterocycles. The number of carboxylic acids is 1. The number of nitrogens with zero attached hydrogens (tertiary/aromatic N) is 7. The number of aliphatic carboxylic acids is 1. The first-order valence-corrected chi connectivity index (χ1v) is 12.0. The molecule has 0 aliphatic carbocycles. The number of alkyl halides is 3. The summed E-state index contributed by atoms with van der Waals surface area (Å²) in [4.78, 5) is 29.2. The van der Waals surface area contributed by atoms with E-state index in [2.05, 4.69) is 61.2 Å². The van der Waals surface area contributed by atoms with Crippen LogP contribution >= 0.6 is 0 Å². The van der Waals surface area contributed by atoms with Crippen molar-refractivity contribution in [3.05, 3.63) is 96.6 Å². The fourth-order valence-electron chi connectivity index (χ4n) is 3.93. The van der Waals surface area contributed by atoms with Crippen LogP contribution in [0.2, 0.25) is 0 Å². The van der Waals surface area contributed by atoms with Crippen molar-refractivity contribution in [3.63, 3.8) is 0 Å². The minimum atomic E-state index is -5.08. The summed E-state index contributed by atoms with van der Waals surface area (Å²) in [6.45, 7) is 1.80. The van der Waals surface area contributed by atoms with Crippen LogP contribution in [0.5, 0.6) is 0 Å². The van der Waals surface area contributed by atoms with Gasteiger partial charge in [0.15, 0.2) is 5.82 Å². The molecular weight excluding hydrogens is 523 g/mol. The smallest absolute Gasteiger partial charge is 0.475 e. The summed E-state index contributed by atoms with van der Waals surface area (Å²) in [5.74, 6) is 2.05. The molecule has 12 heteroatoms. The van der Waals surface area contributed by atoms with Crippen LogP contribution in [-0.2, 0) is 4.79 Å². The van der Waals surface area contributed by atoms with Gasteiger partial charge in [0.1, 0.15) is 11.4 Å². The molecule has 0 unspecified atom stereocenters. The molecule has 0 spiro atoms. The van der Waals surface area contributed by atoms with Crippen LogP contribution in [0.1, 0.15) is 17.2 Å². The Morgan fingerprint density at radius 1 is 0.925 bits per heavy atom. The van der Waals surface area contributed by atoms with Gasteiger partial charge in [-0.3, -0.25) is 0 Å². The van der Waals surface area contributed by atoms with Gasteiger partial charge in [-0.15, -0.1) is 0 Å². The number of carboxylic acid groups (broad SMARTS) is 1. The zero-order chi connectivity index (χ0) is 28.1. The van der Waals surface area contributed by atoms with Crippen LogP contribution in [0.25, 0.3) is 22.4 Å². The van der Waals surface area contributed by atoms with E-state index in [1.165, 1.54) is 5.56 Å². The van der Waals surface area contributed by atoms with Crippen molar-refractivity contribution in [2.45, 2.75) is 12.1 Å². The largest absolute Gasteiger partial charge is 0.490 e. The van der Waals surface area contributed by atoms with Gasteiger partial charge in [-0.25, -0.2) is 24.7 Å². The number of aromatic nitrogens is 6. The van der Waals surface area contributed by atoms with Gasteiger partial charge in [0.05, 0.1) is 11.7 Å². The van der Waals surface area contributed by atoms with Gasteiger partial charge in [-0.05, 0) is 29.7 Å². The molecule has 6 rings (SSSR count). The maximum atomic E-state index is 10.6. The van der Waals surface area contributed by atoms with E-state index in [0.717, 1.165) is 24.0 Å². The van der Waals surface area contributed by atoms with E-state index in [1.807, 2.05) is 36.4 Å². The average molecular weight is 544 g/mol. The minimum absolute atomic E-state index is 0.506. The first-order valence-electron chi connectivity index (χ1n) is 12.0. The second kappa shape index (κ2) is 11.2. The molecule has 3 aromatic heterocycles. The summed E-state index contributed by atoms with van der Waals surface area (Å²) < 4.78 is 33.4. The normalized spacial score (nSPS) is 13.0. The Morgan fingerprint density at radius 3 is 2.38 bits per heavy atom. The van der Waals surface area contributed by atoms with E-state index in [1.54, 1.807) is 29.3 Å². The average Bonchev–Trinajstić information content (AvgIpc) is 3.35. The molecule has 1 fully saturated rings. The predicted molar refractivity (Wildman–Crippen MR) is 140 cm³/mol. The van der Waals surface area contributed by atoms with Crippen molar-refractivity contribution in [2.75, 3.05) is 18.0 Å². The number of hydrogen-bond donors (Lipinski definition) is 1. The molecule has 5 aromatic rings. The van der Waals surface area contributed by atoms with E-state index in [0.29, 0.717) is 29.1 Å². The summed E-state index contributed by atoms with van der Waals surface area (Å²) >= 11 is 0. The summed E-state index contributed by atoms with van der Waals surface area (Å²) in [5, 5.41) is 12.5. The highest BCUT2D eigenvalue weighted by Gasteiger charge is 2.38. The molecule has 0 saturated carbocycles. The van der Waals surface area contributed by atoms with E-state index in [4.69, 9.17) is 14.9 Å². The minimum Gasteiger partial charge on any atom is -0.475 e. The van der Waals surface area contributed by atoms with Crippen molar-refractivity contribution in [1.82, 2.24) is 29.7 Å². The SMILES string of the molecule is C(#Cn1ncc2ccccc21)c1ccnc(-c2ccnc(N3CC(c4ccccc4)C3)n2)n1.O=C(O)C(F)(F)F. The number of anilines is 1. The van der Waals surface area contributed by atoms with E-state index >= 15 is 0 Å². The Morgan fingerprint density at radius 2 is 1.62 bits per heavy atom. The fourth-order valence-corrected chi connectivity index (χ4v) is 3.93. The lowest BCUT2D eigenvalue weighted by molar-refractivity contribution is -0.192. The zero-order valence-corrected chi connectivity index (χ0v) is 20.7. The topological polar surface area (TPSA) is 110 Å². The summed E-state index contributed by atoms with van der Waals surface area (Å²) in [6.07, 6.45) is 0.172. The standard InChI is InChI=1S/C26H19N7.C2HF3O2/c1-2-6-19(7-3-1)21-17-32(18-21)26-28-14-11-23(31-26)25-27-13-10-22(30-25)12-15-33-24-9-5-4-8-20(24)16-29-33;3-2(4,5)1(6)7/h1-11,13-14,16,21H,17-18H2;(H,6,7). The first-order chi connectivity index (χ1) is 19.3. The Kier molecular flexibility index (Phi) is 7.37. The maximum absolute atomic E-state index is 10.6. The highest BCUT2D eigenvalue weighted by molar-refractivity contribution is 5.79.